The Morgan fingerprint density at radius 3 is 2.54 bits per heavy atom. The number of ether oxygens (including phenoxy) is 2. The Hall–Kier alpha value is -4.07. The maximum absolute atomic E-state index is 12.5. The van der Waals surface area contributed by atoms with Gasteiger partial charge >= 0.3 is 6.09 Å². The van der Waals surface area contributed by atoms with E-state index >= 15 is 0 Å². The lowest BCUT2D eigenvalue weighted by atomic mass is 9.98. The van der Waals surface area contributed by atoms with Crippen LogP contribution in [0.3, 0.4) is 0 Å². The Bertz CT molecular complexity index is 1270. The van der Waals surface area contributed by atoms with Crippen LogP contribution in [0.4, 0.5) is 4.79 Å². The lowest BCUT2D eigenvalue weighted by Gasteiger charge is -2.38. The van der Waals surface area contributed by atoms with Crippen molar-refractivity contribution in [2.45, 2.75) is 44.9 Å². The number of cyclic esters (lactones) is 1. The molecule has 0 radical (unpaired) electrons. The first kappa shape index (κ1) is 24.6. The van der Waals surface area contributed by atoms with E-state index in [0.717, 1.165) is 49.3 Å². The largest absolute Gasteiger partial charge is 0.447 e. The number of aromatic nitrogens is 1. The molecule has 1 atom stereocenters. The highest BCUT2D eigenvalue weighted by Crippen LogP contribution is 2.33. The van der Waals surface area contributed by atoms with Crippen LogP contribution in [0.2, 0.25) is 0 Å². The molecule has 2 aliphatic heterocycles. The first-order valence-corrected chi connectivity index (χ1v) is 12.6. The van der Waals surface area contributed by atoms with Gasteiger partial charge in [0.25, 0.3) is 0 Å². The number of carbonyl (C=O) groups is 1. The summed E-state index contributed by atoms with van der Waals surface area (Å²) < 4.78 is 11.3. The van der Waals surface area contributed by atoms with Crippen LogP contribution in [0.25, 0.3) is 10.4 Å². The van der Waals surface area contributed by atoms with Crippen LogP contribution in [0.15, 0.2) is 71.8 Å². The molecule has 190 valence electrons. The zero-order chi connectivity index (χ0) is 25.6. The quantitative estimate of drug-likeness (QED) is 0.210. The van der Waals surface area contributed by atoms with Gasteiger partial charge in [0.2, 0.25) is 5.88 Å². The van der Waals surface area contributed by atoms with E-state index in [4.69, 9.17) is 15.0 Å². The summed E-state index contributed by atoms with van der Waals surface area (Å²) in [6.07, 6.45) is 1.64. The molecule has 5 rings (SSSR count). The van der Waals surface area contributed by atoms with Crippen molar-refractivity contribution < 1.29 is 14.3 Å². The third-order valence-electron chi connectivity index (χ3n) is 7.07. The van der Waals surface area contributed by atoms with Crippen molar-refractivity contribution in [2.75, 3.05) is 19.7 Å². The Morgan fingerprint density at radius 1 is 1.08 bits per heavy atom. The summed E-state index contributed by atoms with van der Waals surface area (Å²) in [6.45, 7) is 5.37. The molecule has 1 aromatic heterocycles. The number of hydrogen-bond donors (Lipinski definition) is 0. The topological polar surface area (TPSA) is 104 Å². The zero-order valence-electron chi connectivity index (χ0n) is 20.9. The molecule has 2 fully saturated rings. The molecule has 0 unspecified atom stereocenters. The number of benzene rings is 2. The van der Waals surface area contributed by atoms with Gasteiger partial charge in [-0.25, -0.2) is 9.78 Å². The number of carbonyl (C=O) groups excluding carboxylic acids is 1. The van der Waals surface area contributed by atoms with Gasteiger partial charge < -0.3 is 9.47 Å². The standard InChI is InChI=1S/C28H30N6O3/c1-20-23(9-12-27(31-20)37-25-10-7-21(8-11-25)17-30-32-29)18-33-15-13-24(14-16-33)34-26(19-36-28(34)35)22-5-3-2-4-6-22/h2-12,24,26H,13-19H2,1H3/t26-/m0/s1. The highest BCUT2D eigenvalue weighted by molar-refractivity contribution is 5.71. The van der Waals surface area contributed by atoms with Gasteiger partial charge in [0.1, 0.15) is 12.4 Å². The summed E-state index contributed by atoms with van der Waals surface area (Å²) in [6, 6.07) is 21.7. The van der Waals surface area contributed by atoms with Crippen molar-refractivity contribution >= 4 is 6.09 Å². The second-order valence-electron chi connectivity index (χ2n) is 9.45. The Balaban J connectivity index is 1.16. The third-order valence-corrected chi connectivity index (χ3v) is 7.07. The molecule has 2 aliphatic rings. The van der Waals surface area contributed by atoms with E-state index < -0.39 is 0 Å². The molecular weight excluding hydrogens is 468 g/mol. The minimum absolute atomic E-state index is 0.00787. The van der Waals surface area contributed by atoms with Crippen LogP contribution in [-0.2, 0) is 17.8 Å². The van der Waals surface area contributed by atoms with Crippen molar-refractivity contribution in [3.63, 3.8) is 0 Å². The molecule has 0 spiro atoms. The summed E-state index contributed by atoms with van der Waals surface area (Å²) in [4.78, 5) is 24.4. The Kier molecular flexibility index (Phi) is 7.54. The number of rotatable bonds is 8. The molecule has 9 heteroatoms. The number of hydrogen-bond acceptors (Lipinski definition) is 6. The van der Waals surface area contributed by atoms with Crippen molar-refractivity contribution in [3.05, 3.63) is 99.6 Å². The number of aryl methyl sites for hydroxylation is 1. The van der Waals surface area contributed by atoms with E-state index in [0.29, 0.717) is 24.8 Å². The molecule has 37 heavy (non-hydrogen) atoms. The van der Waals surface area contributed by atoms with Gasteiger partial charge in [-0.2, -0.15) is 0 Å². The minimum atomic E-state index is -0.201. The summed E-state index contributed by atoms with van der Waals surface area (Å²) in [5, 5.41) is 3.57. The monoisotopic (exact) mass is 498 g/mol. The van der Waals surface area contributed by atoms with Gasteiger partial charge in [-0.3, -0.25) is 9.80 Å². The number of amides is 1. The summed E-state index contributed by atoms with van der Waals surface area (Å²) in [5.74, 6) is 1.22. The molecule has 0 N–H and O–H groups in total. The van der Waals surface area contributed by atoms with E-state index in [9.17, 15) is 4.79 Å². The molecule has 0 saturated carbocycles. The molecule has 2 aromatic carbocycles. The maximum atomic E-state index is 12.5. The van der Waals surface area contributed by atoms with Gasteiger partial charge in [0.05, 0.1) is 12.6 Å². The molecule has 0 aliphatic carbocycles. The minimum Gasteiger partial charge on any atom is -0.447 e. The molecule has 2 saturated heterocycles. The summed E-state index contributed by atoms with van der Waals surface area (Å²) >= 11 is 0. The van der Waals surface area contributed by atoms with E-state index in [1.165, 1.54) is 5.56 Å². The fourth-order valence-corrected chi connectivity index (χ4v) is 5.05. The average molecular weight is 499 g/mol. The predicted molar refractivity (Wildman–Crippen MR) is 139 cm³/mol. The van der Waals surface area contributed by atoms with Gasteiger partial charge in [-0.1, -0.05) is 53.6 Å². The van der Waals surface area contributed by atoms with Crippen LogP contribution < -0.4 is 4.74 Å². The lowest BCUT2D eigenvalue weighted by molar-refractivity contribution is 0.104. The molecule has 0 bridgehead atoms. The maximum Gasteiger partial charge on any atom is 0.410 e. The summed E-state index contributed by atoms with van der Waals surface area (Å²) in [5.41, 5.74) is 12.6. The summed E-state index contributed by atoms with van der Waals surface area (Å²) in [7, 11) is 0. The first-order chi connectivity index (χ1) is 18.1. The van der Waals surface area contributed by atoms with Crippen molar-refractivity contribution in [1.29, 1.82) is 0 Å². The van der Waals surface area contributed by atoms with Crippen molar-refractivity contribution in [2.24, 2.45) is 5.11 Å². The van der Waals surface area contributed by atoms with Crippen LogP contribution in [0, 0.1) is 6.92 Å². The van der Waals surface area contributed by atoms with Crippen LogP contribution in [0.5, 0.6) is 11.6 Å². The number of pyridine rings is 1. The normalized spacial score (nSPS) is 18.4. The second kappa shape index (κ2) is 11.3. The Labute approximate surface area is 216 Å². The van der Waals surface area contributed by atoms with Gasteiger partial charge in [-0.05, 0) is 54.1 Å². The highest BCUT2D eigenvalue weighted by atomic mass is 16.6. The number of likely N-dealkylation sites (tertiary alicyclic amines) is 1. The van der Waals surface area contributed by atoms with Gasteiger partial charge in [0.15, 0.2) is 0 Å². The van der Waals surface area contributed by atoms with Gasteiger partial charge in [0, 0.05) is 42.3 Å². The highest BCUT2D eigenvalue weighted by Gasteiger charge is 2.40. The average Bonchev–Trinajstić information content (AvgIpc) is 3.32. The smallest absolute Gasteiger partial charge is 0.410 e. The number of azide groups is 1. The van der Waals surface area contributed by atoms with E-state index in [2.05, 4.69) is 38.1 Å². The molecule has 9 nitrogen and oxygen atoms in total. The van der Waals surface area contributed by atoms with Crippen LogP contribution >= 0.6 is 0 Å². The molecule has 3 heterocycles. The van der Waals surface area contributed by atoms with E-state index in [1.807, 2.05) is 60.4 Å². The van der Waals surface area contributed by atoms with Crippen molar-refractivity contribution in [1.82, 2.24) is 14.8 Å². The molecule has 1 amide bonds. The third kappa shape index (κ3) is 5.85. The van der Waals surface area contributed by atoms with Crippen molar-refractivity contribution in [3.8, 4) is 11.6 Å². The fraction of sp³-hybridized carbons (Fsp3) is 0.357. The number of nitrogens with zero attached hydrogens (tertiary/aromatic N) is 6. The number of piperidine rings is 1. The van der Waals surface area contributed by atoms with Gasteiger partial charge in [-0.15, -0.1) is 0 Å². The molecule has 3 aromatic rings. The van der Waals surface area contributed by atoms with Crippen LogP contribution in [-0.4, -0.2) is 46.6 Å². The first-order valence-electron chi connectivity index (χ1n) is 12.6. The SMILES string of the molecule is Cc1nc(Oc2ccc(CN=[N+]=[N-])cc2)ccc1CN1CCC(N2C(=O)OC[C@H]2c2ccccc2)CC1. The van der Waals surface area contributed by atoms with Crippen LogP contribution in [0.1, 0.15) is 41.3 Å². The lowest BCUT2D eigenvalue weighted by Crippen LogP contribution is -2.46. The second-order valence-corrected chi connectivity index (χ2v) is 9.45. The van der Waals surface area contributed by atoms with E-state index in [1.54, 1.807) is 0 Å². The Morgan fingerprint density at radius 2 is 1.84 bits per heavy atom. The molecular formula is C28H30N6O3. The predicted octanol–water partition coefficient (Wildman–Crippen LogP) is 6.15. The van der Waals surface area contributed by atoms with E-state index in [-0.39, 0.29) is 18.2 Å². The zero-order valence-corrected chi connectivity index (χ0v) is 20.9. The fourth-order valence-electron chi connectivity index (χ4n) is 5.05.